The number of alkyl halides is 3. The van der Waals surface area contributed by atoms with Gasteiger partial charge >= 0.3 is 6.18 Å². The summed E-state index contributed by atoms with van der Waals surface area (Å²) < 4.78 is 48.8. The number of aromatic nitrogens is 1. The largest absolute Gasteiger partial charge is 0.416 e. The normalized spacial score (nSPS) is 23.4. The van der Waals surface area contributed by atoms with Gasteiger partial charge in [0.05, 0.1) is 5.56 Å². The number of anilines is 2. The fourth-order valence-corrected chi connectivity index (χ4v) is 2.25. The predicted molar refractivity (Wildman–Crippen MR) is 67.5 cm³/mol. The first-order chi connectivity index (χ1) is 9.35. The van der Waals surface area contributed by atoms with Gasteiger partial charge in [-0.3, -0.25) is 0 Å². The van der Waals surface area contributed by atoms with Crippen molar-refractivity contribution in [2.75, 3.05) is 37.9 Å². The van der Waals surface area contributed by atoms with Crippen LogP contribution >= 0.6 is 0 Å². The van der Waals surface area contributed by atoms with E-state index in [0.717, 1.165) is 12.1 Å². The standard InChI is InChI=1S/C12H16F3N3O2/c1-19-8-5-18(6-9(8)20-2)11-4-7(12(13,14)15)3-10(16)17-11/h3-4,8-9H,5-6H2,1-2H3,(H2,16,17). The van der Waals surface area contributed by atoms with E-state index in [1.54, 1.807) is 4.90 Å². The number of ether oxygens (including phenoxy) is 2. The number of pyridine rings is 1. The SMILES string of the molecule is COC1CN(c2cc(C(F)(F)F)cc(N)n2)CC1OC. The van der Waals surface area contributed by atoms with Gasteiger partial charge in [0.2, 0.25) is 0 Å². The maximum absolute atomic E-state index is 12.8. The molecule has 1 aromatic heterocycles. The van der Waals surface area contributed by atoms with E-state index in [1.165, 1.54) is 14.2 Å². The summed E-state index contributed by atoms with van der Waals surface area (Å²) in [6.07, 6.45) is -4.87. The molecule has 5 nitrogen and oxygen atoms in total. The van der Waals surface area contributed by atoms with Gasteiger partial charge in [-0.1, -0.05) is 0 Å². The maximum atomic E-state index is 12.8. The first kappa shape index (κ1) is 14.9. The zero-order valence-electron chi connectivity index (χ0n) is 11.1. The van der Waals surface area contributed by atoms with Crippen molar-refractivity contribution in [1.82, 2.24) is 4.98 Å². The van der Waals surface area contributed by atoms with Crippen molar-refractivity contribution in [2.24, 2.45) is 0 Å². The zero-order valence-corrected chi connectivity index (χ0v) is 11.1. The second-order valence-corrected chi connectivity index (χ2v) is 4.59. The molecule has 2 N–H and O–H groups in total. The third kappa shape index (κ3) is 2.96. The highest BCUT2D eigenvalue weighted by atomic mass is 19.4. The molecule has 0 saturated carbocycles. The van der Waals surface area contributed by atoms with Gasteiger partial charge < -0.3 is 20.1 Å². The number of nitrogens with zero attached hydrogens (tertiary/aromatic N) is 2. The molecule has 20 heavy (non-hydrogen) atoms. The van der Waals surface area contributed by atoms with E-state index in [0.29, 0.717) is 13.1 Å². The van der Waals surface area contributed by atoms with E-state index in [-0.39, 0.29) is 23.8 Å². The Hall–Kier alpha value is -1.54. The van der Waals surface area contributed by atoms with Gasteiger partial charge in [0.15, 0.2) is 0 Å². The number of rotatable bonds is 3. The average molecular weight is 291 g/mol. The molecule has 1 aliphatic rings. The minimum Gasteiger partial charge on any atom is -0.384 e. The van der Waals surface area contributed by atoms with Gasteiger partial charge in [-0.2, -0.15) is 13.2 Å². The molecule has 1 fully saturated rings. The van der Waals surface area contributed by atoms with Crippen molar-refractivity contribution in [3.8, 4) is 0 Å². The number of nitrogens with two attached hydrogens (primary N) is 1. The molecule has 2 unspecified atom stereocenters. The number of hydrogen-bond donors (Lipinski definition) is 1. The Morgan fingerprint density at radius 2 is 1.75 bits per heavy atom. The van der Waals surface area contributed by atoms with Gasteiger partial charge in [-0.15, -0.1) is 0 Å². The molecule has 1 aromatic rings. The highest BCUT2D eigenvalue weighted by Crippen LogP contribution is 2.33. The Morgan fingerprint density at radius 1 is 1.20 bits per heavy atom. The fraction of sp³-hybridized carbons (Fsp3) is 0.583. The summed E-state index contributed by atoms with van der Waals surface area (Å²) >= 11 is 0. The first-order valence-electron chi connectivity index (χ1n) is 6.00. The highest BCUT2D eigenvalue weighted by molar-refractivity contribution is 5.50. The van der Waals surface area contributed by atoms with Crippen molar-refractivity contribution >= 4 is 11.6 Å². The van der Waals surface area contributed by atoms with Crippen molar-refractivity contribution in [3.63, 3.8) is 0 Å². The Labute approximate surface area is 114 Å². The topological polar surface area (TPSA) is 60.6 Å². The lowest BCUT2D eigenvalue weighted by Gasteiger charge is -2.19. The van der Waals surface area contributed by atoms with Gasteiger partial charge in [-0.25, -0.2) is 4.98 Å². The molecule has 1 saturated heterocycles. The third-order valence-electron chi connectivity index (χ3n) is 3.30. The van der Waals surface area contributed by atoms with Gasteiger partial charge in [-0.05, 0) is 12.1 Å². The lowest BCUT2D eigenvalue weighted by Crippen LogP contribution is -2.27. The third-order valence-corrected chi connectivity index (χ3v) is 3.30. The Kier molecular flexibility index (Phi) is 4.05. The van der Waals surface area contributed by atoms with E-state index in [4.69, 9.17) is 15.2 Å². The fourth-order valence-electron chi connectivity index (χ4n) is 2.25. The van der Waals surface area contributed by atoms with Crippen molar-refractivity contribution in [3.05, 3.63) is 17.7 Å². The van der Waals surface area contributed by atoms with Crippen molar-refractivity contribution < 1.29 is 22.6 Å². The molecule has 0 aromatic carbocycles. The van der Waals surface area contributed by atoms with Crippen molar-refractivity contribution in [2.45, 2.75) is 18.4 Å². The summed E-state index contributed by atoms with van der Waals surface area (Å²) in [5, 5.41) is 0. The second kappa shape index (κ2) is 5.45. The zero-order chi connectivity index (χ0) is 14.9. The summed E-state index contributed by atoms with van der Waals surface area (Å²) in [7, 11) is 3.07. The molecule has 2 heterocycles. The molecule has 1 aliphatic heterocycles. The van der Waals surface area contributed by atoms with E-state index in [1.807, 2.05) is 0 Å². The molecule has 2 atom stereocenters. The van der Waals surface area contributed by atoms with E-state index >= 15 is 0 Å². The van der Waals surface area contributed by atoms with Crippen LogP contribution in [0.4, 0.5) is 24.8 Å². The summed E-state index contributed by atoms with van der Waals surface area (Å²) in [5.41, 5.74) is 4.65. The molecule has 0 amide bonds. The molecular formula is C12H16F3N3O2. The average Bonchev–Trinajstić information content (AvgIpc) is 2.80. The van der Waals surface area contributed by atoms with Crippen LogP contribution in [-0.2, 0) is 15.7 Å². The Morgan fingerprint density at radius 3 is 2.20 bits per heavy atom. The molecule has 112 valence electrons. The van der Waals surface area contributed by atoms with E-state index < -0.39 is 11.7 Å². The van der Waals surface area contributed by atoms with E-state index in [2.05, 4.69) is 4.98 Å². The molecule has 8 heteroatoms. The van der Waals surface area contributed by atoms with Crippen LogP contribution in [-0.4, -0.2) is 44.5 Å². The lowest BCUT2D eigenvalue weighted by molar-refractivity contribution is -0.137. The molecule has 0 bridgehead atoms. The van der Waals surface area contributed by atoms with Crippen LogP contribution in [0.25, 0.3) is 0 Å². The molecule has 0 spiro atoms. The molecular weight excluding hydrogens is 275 g/mol. The van der Waals surface area contributed by atoms with Crippen LogP contribution in [0, 0.1) is 0 Å². The van der Waals surface area contributed by atoms with E-state index in [9.17, 15) is 13.2 Å². The van der Waals surface area contributed by atoms with Crippen LogP contribution < -0.4 is 10.6 Å². The number of nitrogen functional groups attached to an aromatic ring is 1. The minimum atomic E-state index is -4.45. The smallest absolute Gasteiger partial charge is 0.384 e. The van der Waals surface area contributed by atoms with Crippen LogP contribution in [0.3, 0.4) is 0 Å². The second-order valence-electron chi connectivity index (χ2n) is 4.59. The Balaban J connectivity index is 2.28. The minimum absolute atomic E-state index is 0.162. The highest BCUT2D eigenvalue weighted by Gasteiger charge is 2.36. The molecule has 0 radical (unpaired) electrons. The van der Waals surface area contributed by atoms with Gasteiger partial charge in [0.1, 0.15) is 23.8 Å². The summed E-state index contributed by atoms with van der Waals surface area (Å²) in [5.74, 6) is 0.0172. The maximum Gasteiger partial charge on any atom is 0.416 e. The van der Waals surface area contributed by atoms with Crippen LogP contribution in [0.5, 0.6) is 0 Å². The van der Waals surface area contributed by atoms with Crippen LogP contribution in [0.15, 0.2) is 12.1 Å². The van der Waals surface area contributed by atoms with Gasteiger partial charge in [0.25, 0.3) is 0 Å². The Bertz CT molecular complexity index is 470. The van der Waals surface area contributed by atoms with Gasteiger partial charge in [0, 0.05) is 27.3 Å². The monoisotopic (exact) mass is 291 g/mol. The number of halogens is 3. The molecule has 0 aliphatic carbocycles. The van der Waals surface area contributed by atoms with Crippen LogP contribution in [0.2, 0.25) is 0 Å². The first-order valence-corrected chi connectivity index (χ1v) is 6.00. The summed E-state index contributed by atoms with van der Waals surface area (Å²) in [6, 6.07) is 1.81. The number of hydrogen-bond acceptors (Lipinski definition) is 5. The van der Waals surface area contributed by atoms with Crippen LogP contribution in [0.1, 0.15) is 5.56 Å². The number of methoxy groups -OCH3 is 2. The molecule has 2 rings (SSSR count). The lowest BCUT2D eigenvalue weighted by atomic mass is 10.2. The summed E-state index contributed by atoms with van der Waals surface area (Å²) in [4.78, 5) is 5.63. The quantitative estimate of drug-likeness (QED) is 0.915. The van der Waals surface area contributed by atoms with Crippen molar-refractivity contribution in [1.29, 1.82) is 0 Å². The predicted octanol–water partition coefficient (Wildman–Crippen LogP) is 1.53. The summed E-state index contributed by atoms with van der Waals surface area (Å²) in [6.45, 7) is 0.811.